The number of allylic oxidation sites excluding steroid dienone is 2. The van der Waals surface area contributed by atoms with Gasteiger partial charge in [0.2, 0.25) is 0 Å². The van der Waals surface area contributed by atoms with Gasteiger partial charge in [0.1, 0.15) is 6.07 Å². The summed E-state index contributed by atoms with van der Waals surface area (Å²) in [4.78, 5) is 0. The summed E-state index contributed by atoms with van der Waals surface area (Å²) in [6.07, 6.45) is 5.37. The molecule has 0 heterocycles. The van der Waals surface area contributed by atoms with Crippen molar-refractivity contribution in [1.29, 1.82) is 5.26 Å². The summed E-state index contributed by atoms with van der Waals surface area (Å²) in [5.74, 6) is 0. The van der Waals surface area contributed by atoms with Crippen molar-refractivity contribution in [2.24, 2.45) is 5.16 Å². The van der Waals surface area contributed by atoms with Crippen LogP contribution in [0.3, 0.4) is 0 Å². The molecular weight excluding hydrogens is 204 g/mol. The van der Waals surface area contributed by atoms with Gasteiger partial charge in [0.25, 0.3) is 0 Å². The number of nitriles is 1. The molecular formula is C8H10N2O3S. The van der Waals surface area contributed by atoms with Crippen molar-refractivity contribution < 1.29 is 12.7 Å². The standard InChI is InChI=1S/C8H10N2O3S/c1-14(11,12)13-10-8(6-9)7-4-2-3-5-7/h4H,2-3,5H2,1H3/b10-8+. The second kappa shape index (κ2) is 4.24. The maximum Gasteiger partial charge on any atom is 0.325 e. The SMILES string of the molecule is CS(=O)(=O)O/N=C(\C#N)C1=CCCC1. The number of hydrogen-bond donors (Lipinski definition) is 0. The predicted molar refractivity (Wildman–Crippen MR) is 50.9 cm³/mol. The van der Waals surface area contributed by atoms with E-state index in [1.807, 2.05) is 12.1 Å². The maximum absolute atomic E-state index is 10.6. The van der Waals surface area contributed by atoms with Crippen molar-refractivity contribution >= 4 is 15.8 Å². The largest absolute Gasteiger partial charge is 0.325 e. The van der Waals surface area contributed by atoms with Gasteiger partial charge >= 0.3 is 10.1 Å². The van der Waals surface area contributed by atoms with E-state index in [0.29, 0.717) is 0 Å². The van der Waals surface area contributed by atoms with Gasteiger partial charge in [-0.2, -0.15) is 13.7 Å². The van der Waals surface area contributed by atoms with E-state index in [4.69, 9.17) is 5.26 Å². The van der Waals surface area contributed by atoms with Crippen molar-refractivity contribution in [2.45, 2.75) is 19.3 Å². The highest BCUT2D eigenvalue weighted by atomic mass is 32.2. The summed E-state index contributed by atoms with van der Waals surface area (Å²) in [6, 6.07) is 1.81. The first kappa shape index (κ1) is 10.7. The Balaban J connectivity index is 2.78. The monoisotopic (exact) mass is 214 g/mol. The normalized spacial score (nSPS) is 17.4. The molecule has 0 aromatic heterocycles. The zero-order valence-electron chi connectivity index (χ0n) is 7.73. The molecule has 0 aromatic rings. The van der Waals surface area contributed by atoms with Crippen molar-refractivity contribution in [2.75, 3.05) is 6.26 Å². The Bertz CT molecular complexity index is 414. The van der Waals surface area contributed by atoms with Gasteiger partial charge in [-0.05, 0) is 24.8 Å². The Labute approximate surface area is 82.8 Å². The molecule has 0 amide bonds. The molecule has 0 aliphatic heterocycles. The highest BCUT2D eigenvalue weighted by molar-refractivity contribution is 7.85. The molecule has 1 rings (SSSR count). The van der Waals surface area contributed by atoms with Gasteiger partial charge in [0.05, 0.1) is 6.26 Å². The fourth-order valence-electron chi connectivity index (χ4n) is 1.14. The van der Waals surface area contributed by atoms with Crippen molar-refractivity contribution in [3.05, 3.63) is 11.6 Å². The second-order valence-corrected chi connectivity index (χ2v) is 4.51. The van der Waals surface area contributed by atoms with Crippen LogP contribution < -0.4 is 0 Å². The summed E-state index contributed by atoms with van der Waals surface area (Å²) in [5, 5.41) is 12.0. The Hall–Kier alpha value is -1.35. The molecule has 1 aliphatic rings. The Morgan fingerprint density at radius 3 is 2.86 bits per heavy atom. The summed E-state index contributed by atoms with van der Waals surface area (Å²) >= 11 is 0. The number of hydrogen-bond acceptors (Lipinski definition) is 5. The molecule has 0 aromatic carbocycles. The van der Waals surface area contributed by atoms with Gasteiger partial charge in [0.15, 0.2) is 5.71 Å². The molecule has 14 heavy (non-hydrogen) atoms. The molecule has 6 heteroatoms. The third-order valence-corrected chi connectivity index (χ3v) is 2.06. The van der Waals surface area contributed by atoms with Crippen LogP contribution in [0.4, 0.5) is 0 Å². The summed E-state index contributed by atoms with van der Waals surface area (Å²) < 4.78 is 25.4. The van der Waals surface area contributed by atoms with Crippen molar-refractivity contribution in [3.63, 3.8) is 0 Å². The van der Waals surface area contributed by atoms with Crippen LogP contribution in [0.1, 0.15) is 19.3 Å². The van der Waals surface area contributed by atoms with E-state index in [9.17, 15) is 8.42 Å². The fourth-order valence-corrected chi connectivity index (χ4v) is 1.35. The molecule has 0 bridgehead atoms. The lowest BCUT2D eigenvalue weighted by Gasteiger charge is -1.97. The van der Waals surface area contributed by atoms with Crippen LogP contribution in [0.15, 0.2) is 16.8 Å². The lowest BCUT2D eigenvalue weighted by Crippen LogP contribution is -2.03. The van der Waals surface area contributed by atoms with E-state index in [1.165, 1.54) is 0 Å². The molecule has 0 radical (unpaired) electrons. The zero-order valence-corrected chi connectivity index (χ0v) is 8.54. The minimum absolute atomic E-state index is 0.0490. The Morgan fingerprint density at radius 2 is 2.43 bits per heavy atom. The molecule has 76 valence electrons. The average Bonchev–Trinajstić information content (AvgIpc) is 2.56. The number of oxime groups is 1. The average molecular weight is 214 g/mol. The molecule has 0 saturated carbocycles. The van der Waals surface area contributed by atoms with E-state index in [0.717, 1.165) is 31.1 Å². The first-order chi connectivity index (χ1) is 6.53. The molecule has 0 unspecified atom stereocenters. The highest BCUT2D eigenvalue weighted by Crippen LogP contribution is 2.18. The Morgan fingerprint density at radius 1 is 1.71 bits per heavy atom. The number of nitrogens with zero attached hydrogens (tertiary/aromatic N) is 2. The quantitative estimate of drug-likeness (QED) is 0.517. The third-order valence-electron chi connectivity index (χ3n) is 1.71. The van der Waals surface area contributed by atoms with Crippen LogP contribution in [0.25, 0.3) is 0 Å². The lowest BCUT2D eigenvalue weighted by atomic mass is 10.1. The molecule has 0 N–H and O–H groups in total. The molecule has 0 fully saturated rings. The maximum atomic E-state index is 10.6. The fraction of sp³-hybridized carbons (Fsp3) is 0.500. The van der Waals surface area contributed by atoms with Crippen LogP contribution in [-0.4, -0.2) is 20.4 Å². The van der Waals surface area contributed by atoms with Gasteiger partial charge < -0.3 is 0 Å². The summed E-state index contributed by atoms with van der Waals surface area (Å²) in [7, 11) is -3.62. The van der Waals surface area contributed by atoms with E-state index in [1.54, 1.807) is 0 Å². The van der Waals surface area contributed by atoms with Crippen molar-refractivity contribution in [1.82, 2.24) is 0 Å². The van der Waals surface area contributed by atoms with E-state index in [2.05, 4.69) is 9.44 Å². The summed E-state index contributed by atoms with van der Waals surface area (Å²) in [5.41, 5.74) is 0.809. The lowest BCUT2D eigenvalue weighted by molar-refractivity contribution is 0.343. The molecule has 0 spiro atoms. The van der Waals surface area contributed by atoms with Crippen LogP contribution in [-0.2, 0) is 14.4 Å². The third kappa shape index (κ3) is 3.18. The highest BCUT2D eigenvalue weighted by Gasteiger charge is 2.12. The van der Waals surface area contributed by atoms with Crippen LogP contribution in [0.2, 0.25) is 0 Å². The number of rotatable bonds is 3. The molecule has 1 aliphatic carbocycles. The van der Waals surface area contributed by atoms with E-state index < -0.39 is 10.1 Å². The van der Waals surface area contributed by atoms with E-state index >= 15 is 0 Å². The van der Waals surface area contributed by atoms with Crippen molar-refractivity contribution in [3.8, 4) is 6.07 Å². The smallest absolute Gasteiger partial charge is 0.267 e. The molecule has 0 atom stereocenters. The minimum Gasteiger partial charge on any atom is -0.267 e. The second-order valence-electron chi connectivity index (χ2n) is 2.95. The Kier molecular flexibility index (Phi) is 3.25. The van der Waals surface area contributed by atoms with Gasteiger partial charge in [-0.25, -0.2) is 0 Å². The first-order valence-electron chi connectivity index (χ1n) is 4.09. The minimum atomic E-state index is -3.62. The van der Waals surface area contributed by atoms with Crippen LogP contribution >= 0.6 is 0 Å². The topological polar surface area (TPSA) is 79.5 Å². The van der Waals surface area contributed by atoms with Crippen LogP contribution in [0, 0.1) is 11.3 Å². The summed E-state index contributed by atoms with van der Waals surface area (Å²) in [6.45, 7) is 0. The van der Waals surface area contributed by atoms with E-state index in [-0.39, 0.29) is 5.71 Å². The first-order valence-corrected chi connectivity index (χ1v) is 5.91. The molecule has 0 saturated heterocycles. The van der Waals surface area contributed by atoms with Crippen LogP contribution in [0.5, 0.6) is 0 Å². The molecule has 5 nitrogen and oxygen atoms in total. The van der Waals surface area contributed by atoms with Gasteiger partial charge in [-0.3, -0.25) is 4.28 Å². The van der Waals surface area contributed by atoms with Gasteiger partial charge in [0, 0.05) is 0 Å². The van der Waals surface area contributed by atoms with Gasteiger partial charge in [-0.1, -0.05) is 11.2 Å². The zero-order chi connectivity index (χ0) is 10.6. The predicted octanol–water partition coefficient (Wildman–Crippen LogP) is 0.952. The van der Waals surface area contributed by atoms with Gasteiger partial charge in [-0.15, -0.1) is 0 Å².